The van der Waals surface area contributed by atoms with Crippen LogP contribution in [0, 0.1) is 5.92 Å². The van der Waals surface area contributed by atoms with E-state index < -0.39 is 18.3 Å². The van der Waals surface area contributed by atoms with Crippen molar-refractivity contribution in [2.45, 2.75) is 77.4 Å². The number of imide groups is 1. The van der Waals surface area contributed by atoms with Gasteiger partial charge in [-0.3, -0.25) is 29.6 Å². The van der Waals surface area contributed by atoms with Crippen LogP contribution in [0.3, 0.4) is 0 Å². The fourth-order valence-electron chi connectivity index (χ4n) is 7.94. The van der Waals surface area contributed by atoms with Crippen LogP contribution in [0.4, 0.5) is 9.18 Å². The van der Waals surface area contributed by atoms with Crippen LogP contribution in [0.1, 0.15) is 51.0 Å². The highest BCUT2D eigenvalue weighted by Gasteiger charge is 2.33. The number of amides is 3. The average molecular weight is 740 g/mol. The summed E-state index contributed by atoms with van der Waals surface area (Å²) >= 11 is 0. The lowest BCUT2D eigenvalue weighted by molar-refractivity contribution is -0.121. The number of pyridine rings is 3. The summed E-state index contributed by atoms with van der Waals surface area (Å²) in [6, 6.07) is 12.7. The lowest BCUT2D eigenvalue weighted by Crippen LogP contribution is -2.49. The first-order chi connectivity index (χ1) is 26.2. The number of fused-ring (bicyclic) bond motifs is 1. The smallest absolute Gasteiger partial charge is 0.324 e. The summed E-state index contributed by atoms with van der Waals surface area (Å²) in [5.74, 6) is 0.842. The van der Waals surface area contributed by atoms with Gasteiger partial charge in [-0.05, 0) is 79.9 Å². The second-order valence-corrected chi connectivity index (χ2v) is 14.9. The number of nitrogens with zero attached hydrogens (tertiary/aromatic N) is 6. The van der Waals surface area contributed by atoms with Gasteiger partial charge in [-0.25, -0.2) is 9.18 Å². The maximum Gasteiger partial charge on any atom is 0.324 e. The summed E-state index contributed by atoms with van der Waals surface area (Å²) in [5.41, 5.74) is 2.31. The van der Waals surface area contributed by atoms with Crippen molar-refractivity contribution in [2.75, 3.05) is 45.8 Å². The van der Waals surface area contributed by atoms with Crippen LogP contribution in [-0.4, -0.2) is 98.8 Å². The zero-order valence-electron chi connectivity index (χ0n) is 31.0. The van der Waals surface area contributed by atoms with Crippen molar-refractivity contribution in [3.8, 4) is 16.9 Å². The number of piperidine rings is 2. The third-order valence-electron chi connectivity index (χ3n) is 11.1. The molecular formula is C41H50FN7O5. The molecule has 3 aliphatic rings. The van der Waals surface area contributed by atoms with E-state index in [1.54, 1.807) is 33.8 Å². The molecule has 3 amide bonds. The van der Waals surface area contributed by atoms with Gasteiger partial charge in [0.25, 0.3) is 11.1 Å². The minimum atomic E-state index is -1.09. The van der Waals surface area contributed by atoms with Gasteiger partial charge in [0.15, 0.2) is 0 Å². The molecule has 1 aromatic carbocycles. The zero-order chi connectivity index (χ0) is 37.6. The second kappa shape index (κ2) is 17.1. The average Bonchev–Trinajstić information content (AvgIpc) is 3.18. The normalized spacial score (nSPS) is 20.4. The molecule has 0 saturated carbocycles. The Hall–Kier alpha value is -4.88. The number of unbranched alkanes of at least 4 members (excludes halogenated alkanes) is 1. The molecule has 3 saturated heterocycles. The Balaban J connectivity index is 0.863. The first-order valence-electron chi connectivity index (χ1n) is 19.4. The largest absolute Gasteiger partial charge is 0.487 e. The number of hydrogen-bond donors (Lipinski definition) is 1. The topological polar surface area (TPSA) is 122 Å². The Kier molecular flexibility index (Phi) is 11.8. The molecule has 54 heavy (non-hydrogen) atoms. The number of ether oxygens (including phenoxy) is 1. The van der Waals surface area contributed by atoms with Gasteiger partial charge in [0, 0.05) is 88.1 Å². The molecule has 0 bridgehead atoms. The lowest BCUT2D eigenvalue weighted by atomic mass is 9.94. The van der Waals surface area contributed by atoms with E-state index in [2.05, 4.69) is 27.0 Å². The van der Waals surface area contributed by atoms with Gasteiger partial charge in [-0.15, -0.1) is 0 Å². The SMILES string of the molecule is CCCCn1cc(-c2ccc(O[C@H]3CCN(CC4CCN(CCn5cccc(CN6CCC(=O)NC6=O)c5=O)CC4)C[C@@H]3F)cc2)c2ccncc2c1=O. The quantitative estimate of drug-likeness (QED) is 0.210. The van der Waals surface area contributed by atoms with Crippen LogP contribution < -0.4 is 21.2 Å². The molecule has 286 valence electrons. The predicted molar refractivity (Wildman–Crippen MR) is 205 cm³/mol. The third kappa shape index (κ3) is 8.73. The van der Waals surface area contributed by atoms with E-state index in [1.165, 1.54) is 4.90 Å². The van der Waals surface area contributed by atoms with E-state index in [4.69, 9.17) is 4.74 Å². The van der Waals surface area contributed by atoms with Crippen LogP contribution in [-0.2, 0) is 24.4 Å². The fourth-order valence-corrected chi connectivity index (χ4v) is 7.94. The van der Waals surface area contributed by atoms with Crippen LogP contribution in [0.15, 0.2) is 76.8 Å². The lowest BCUT2D eigenvalue weighted by Gasteiger charge is -2.39. The number of alkyl halides is 1. The van der Waals surface area contributed by atoms with Crippen LogP contribution in [0.5, 0.6) is 5.75 Å². The summed E-state index contributed by atoms with van der Waals surface area (Å²) in [6.07, 6.45) is 10.3. The van der Waals surface area contributed by atoms with E-state index >= 15 is 4.39 Å². The number of carbonyl (C=O) groups excluding carboxylic acids is 2. The summed E-state index contributed by atoms with van der Waals surface area (Å²) in [6.45, 7) is 8.44. The fraction of sp³-hybridized carbons (Fsp3) is 0.488. The summed E-state index contributed by atoms with van der Waals surface area (Å²) in [4.78, 5) is 60.1. The number of urea groups is 1. The molecule has 0 aliphatic carbocycles. The molecule has 3 fully saturated rings. The van der Waals surface area contributed by atoms with Crippen molar-refractivity contribution in [1.29, 1.82) is 0 Å². The van der Waals surface area contributed by atoms with E-state index in [9.17, 15) is 19.2 Å². The van der Waals surface area contributed by atoms with Gasteiger partial charge >= 0.3 is 6.03 Å². The van der Waals surface area contributed by atoms with Crippen molar-refractivity contribution in [3.05, 3.63) is 93.5 Å². The van der Waals surface area contributed by atoms with Gasteiger partial charge in [-0.1, -0.05) is 31.5 Å². The van der Waals surface area contributed by atoms with Crippen molar-refractivity contribution < 1.29 is 18.7 Å². The number of rotatable bonds is 13. The number of benzene rings is 1. The van der Waals surface area contributed by atoms with E-state index in [0.717, 1.165) is 74.9 Å². The van der Waals surface area contributed by atoms with E-state index in [-0.39, 0.29) is 30.0 Å². The van der Waals surface area contributed by atoms with Crippen molar-refractivity contribution >= 4 is 22.7 Å². The van der Waals surface area contributed by atoms with Gasteiger partial charge in [-0.2, -0.15) is 0 Å². The minimum absolute atomic E-state index is 0.0288. The molecule has 7 rings (SSSR count). The van der Waals surface area contributed by atoms with Crippen molar-refractivity contribution in [1.82, 2.24) is 34.1 Å². The molecule has 13 heteroatoms. The molecule has 4 aromatic rings. The van der Waals surface area contributed by atoms with Crippen LogP contribution in [0.25, 0.3) is 21.9 Å². The van der Waals surface area contributed by atoms with E-state index in [0.29, 0.717) is 55.2 Å². The van der Waals surface area contributed by atoms with Gasteiger partial charge in [0.1, 0.15) is 18.0 Å². The van der Waals surface area contributed by atoms with Gasteiger partial charge in [0.05, 0.1) is 11.9 Å². The summed E-state index contributed by atoms with van der Waals surface area (Å²) < 4.78 is 25.2. The molecule has 6 heterocycles. The van der Waals surface area contributed by atoms with Crippen LogP contribution >= 0.6 is 0 Å². The van der Waals surface area contributed by atoms with E-state index in [1.807, 2.05) is 42.6 Å². The Morgan fingerprint density at radius 1 is 0.870 bits per heavy atom. The molecule has 2 atom stereocenters. The van der Waals surface area contributed by atoms with Crippen molar-refractivity contribution in [3.63, 3.8) is 0 Å². The molecule has 1 N–H and O–H groups in total. The molecule has 12 nitrogen and oxygen atoms in total. The Morgan fingerprint density at radius 3 is 2.43 bits per heavy atom. The monoisotopic (exact) mass is 739 g/mol. The first kappa shape index (κ1) is 37.4. The molecule has 0 spiro atoms. The molecule has 3 aromatic heterocycles. The third-order valence-corrected chi connectivity index (χ3v) is 11.1. The predicted octanol–water partition coefficient (Wildman–Crippen LogP) is 4.67. The second-order valence-electron chi connectivity index (χ2n) is 14.9. The number of carbonyl (C=O) groups is 2. The summed E-state index contributed by atoms with van der Waals surface area (Å²) in [7, 11) is 0. The Labute approximate surface area is 314 Å². The number of likely N-dealkylation sites (tertiary alicyclic amines) is 2. The first-order valence-corrected chi connectivity index (χ1v) is 19.4. The highest BCUT2D eigenvalue weighted by molar-refractivity contribution is 5.96. The number of aryl methyl sites for hydroxylation is 1. The van der Waals surface area contributed by atoms with Crippen molar-refractivity contribution in [2.24, 2.45) is 5.92 Å². The zero-order valence-corrected chi connectivity index (χ0v) is 31.0. The molecule has 0 radical (unpaired) electrons. The number of nitrogens with one attached hydrogen (secondary N) is 1. The maximum absolute atomic E-state index is 15.5. The highest BCUT2D eigenvalue weighted by atomic mass is 19.1. The Bertz CT molecular complexity index is 2060. The standard InChI is InChI=1S/C41H50FN7O5/c1-2-3-16-48-27-35(33-10-15-43-24-34(33)40(48)52)30-6-8-32(9-7-30)54-37-13-20-46(28-36(37)42)25-29-11-18-45(19-12-29)22-23-47-17-4-5-31(39(47)51)26-49-21-14-38(50)44-41(49)53/h4-10,15,17,24,27,29,36-37H,2-3,11-14,16,18-23,25-26,28H2,1H3,(H,44,50,53)/t36-,37-/m0/s1. The number of aromatic nitrogens is 3. The highest BCUT2D eigenvalue weighted by Crippen LogP contribution is 2.30. The number of hydrogen-bond acceptors (Lipinski definition) is 8. The maximum atomic E-state index is 15.5. The molecule has 3 aliphatic heterocycles. The molecular weight excluding hydrogens is 689 g/mol. The molecule has 0 unspecified atom stereocenters. The minimum Gasteiger partial charge on any atom is -0.487 e. The number of halogens is 1. The van der Waals surface area contributed by atoms with Crippen LogP contribution in [0.2, 0.25) is 0 Å². The Morgan fingerprint density at radius 2 is 1.67 bits per heavy atom. The van der Waals surface area contributed by atoms with Gasteiger partial charge in [0.2, 0.25) is 5.91 Å². The summed E-state index contributed by atoms with van der Waals surface area (Å²) in [5, 5.41) is 3.77. The van der Waals surface area contributed by atoms with Gasteiger partial charge < -0.3 is 23.7 Å².